The van der Waals surface area contributed by atoms with Crippen molar-refractivity contribution in [2.45, 2.75) is 13.5 Å². The zero-order chi connectivity index (χ0) is 28.2. The van der Waals surface area contributed by atoms with Crippen LogP contribution in [0.5, 0.6) is 0 Å². The molecule has 10 nitrogen and oxygen atoms in total. The number of fused-ring (bicyclic) bond motifs is 1. The summed E-state index contributed by atoms with van der Waals surface area (Å²) in [5.41, 5.74) is 3.66. The summed E-state index contributed by atoms with van der Waals surface area (Å²) in [5, 5.41) is 6.74. The predicted octanol–water partition coefficient (Wildman–Crippen LogP) is 4.79. The van der Waals surface area contributed by atoms with Crippen molar-refractivity contribution in [2.75, 3.05) is 66.4 Å². The number of nitrogens with zero attached hydrogens (tertiary/aromatic N) is 5. The Bertz CT molecular complexity index is 1530. The molecule has 6 rings (SSSR count). The number of ether oxygens (including phenoxy) is 1. The lowest BCUT2D eigenvalue weighted by atomic mass is 10.1. The summed E-state index contributed by atoms with van der Waals surface area (Å²) < 4.78 is 7.67. The van der Waals surface area contributed by atoms with Gasteiger partial charge in [0.05, 0.1) is 18.6 Å². The Morgan fingerprint density at radius 2 is 1.54 bits per heavy atom. The molecule has 2 aliphatic rings. The summed E-state index contributed by atoms with van der Waals surface area (Å²) in [6.45, 7) is 7.39. The molecule has 2 aromatic heterocycles. The molecule has 0 aliphatic carbocycles. The van der Waals surface area contributed by atoms with Gasteiger partial charge in [0.1, 0.15) is 11.5 Å². The number of morpholine rings is 1. The highest BCUT2D eigenvalue weighted by atomic mass is 32.2. The third-order valence-electron chi connectivity index (χ3n) is 7.34. The van der Waals surface area contributed by atoms with Crippen molar-refractivity contribution in [2.24, 2.45) is 0 Å². The molecular formula is C30H33N7O3S. The van der Waals surface area contributed by atoms with E-state index in [1.165, 1.54) is 0 Å². The summed E-state index contributed by atoms with van der Waals surface area (Å²) in [4.78, 5) is 39.3. The first-order valence-corrected chi connectivity index (χ1v) is 15.1. The first kappa shape index (κ1) is 27.1. The largest absolute Gasteiger partial charge is 0.378 e. The van der Waals surface area contributed by atoms with Gasteiger partial charge < -0.3 is 29.7 Å². The van der Waals surface area contributed by atoms with E-state index in [0.717, 1.165) is 66.6 Å². The first-order chi connectivity index (χ1) is 20.1. The fourth-order valence-corrected chi connectivity index (χ4v) is 5.99. The van der Waals surface area contributed by atoms with Crippen LogP contribution in [0.1, 0.15) is 17.3 Å². The number of thioether (sulfide) groups is 1. The average Bonchev–Trinajstić information content (AvgIpc) is 3.45. The van der Waals surface area contributed by atoms with Crippen LogP contribution in [0.2, 0.25) is 0 Å². The summed E-state index contributed by atoms with van der Waals surface area (Å²) in [7, 11) is 0. The number of hydrogen-bond donors (Lipinski definition) is 2. The Hall–Kier alpha value is -4.09. The highest BCUT2D eigenvalue weighted by molar-refractivity contribution is 7.99. The van der Waals surface area contributed by atoms with Crippen molar-refractivity contribution in [1.29, 1.82) is 0 Å². The molecule has 2 aromatic carbocycles. The van der Waals surface area contributed by atoms with Crippen molar-refractivity contribution >= 4 is 51.9 Å². The van der Waals surface area contributed by atoms with E-state index in [1.54, 1.807) is 24.3 Å². The van der Waals surface area contributed by atoms with E-state index < -0.39 is 0 Å². The van der Waals surface area contributed by atoms with Gasteiger partial charge in [-0.2, -0.15) is 11.8 Å². The van der Waals surface area contributed by atoms with Gasteiger partial charge in [-0.05, 0) is 61.5 Å². The van der Waals surface area contributed by atoms with Crippen LogP contribution >= 0.6 is 11.8 Å². The number of aromatic nitrogens is 3. The monoisotopic (exact) mass is 571 g/mol. The molecule has 0 bridgehead atoms. The van der Waals surface area contributed by atoms with E-state index in [2.05, 4.69) is 39.3 Å². The predicted molar refractivity (Wildman–Crippen MR) is 164 cm³/mol. The molecule has 41 heavy (non-hydrogen) atoms. The summed E-state index contributed by atoms with van der Waals surface area (Å²) in [6, 6.07) is 16.2. The van der Waals surface area contributed by atoms with Gasteiger partial charge in [-0.3, -0.25) is 4.79 Å². The van der Waals surface area contributed by atoms with Crippen molar-refractivity contribution < 1.29 is 14.3 Å². The van der Waals surface area contributed by atoms with Crippen LogP contribution < -0.4 is 15.5 Å². The maximum Gasteiger partial charge on any atom is 0.323 e. The lowest BCUT2D eigenvalue weighted by Gasteiger charge is -2.28. The van der Waals surface area contributed by atoms with Gasteiger partial charge in [0, 0.05) is 72.9 Å². The van der Waals surface area contributed by atoms with Crippen LogP contribution in [0.25, 0.3) is 22.4 Å². The first-order valence-electron chi connectivity index (χ1n) is 13.9. The zero-order valence-corrected chi connectivity index (χ0v) is 23.8. The fraction of sp³-hybridized carbons (Fsp3) is 0.333. The standard InChI is InChI=1S/C30H33N7O3S/c1-2-35-12-11-25-27(35)33-26(34-28(25)36-13-17-40-18-14-36)21-3-7-23(8-4-21)31-30(39)32-24-9-5-22(6-10-24)29(38)37-15-19-41-20-16-37/h3-12H,2,13-20H2,1H3,(H2,31,32,39). The molecule has 2 N–H and O–H groups in total. The maximum atomic E-state index is 12.7. The zero-order valence-electron chi connectivity index (χ0n) is 23.0. The van der Waals surface area contributed by atoms with E-state index in [4.69, 9.17) is 14.7 Å². The van der Waals surface area contributed by atoms with Gasteiger partial charge in [-0.15, -0.1) is 0 Å². The minimum Gasteiger partial charge on any atom is -0.378 e. The van der Waals surface area contributed by atoms with Gasteiger partial charge in [0.15, 0.2) is 5.82 Å². The molecule has 0 spiro atoms. The Kier molecular flexibility index (Phi) is 8.06. The van der Waals surface area contributed by atoms with Crippen LogP contribution in [-0.4, -0.2) is 82.3 Å². The molecule has 0 radical (unpaired) electrons. The molecule has 0 saturated carbocycles. The Morgan fingerprint density at radius 1 is 0.878 bits per heavy atom. The van der Waals surface area contributed by atoms with Gasteiger partial charge in [-0.1, -0.05) is 0 Å². The Labute approximate surface area is 243 Å². The highest BCUT2D eigenvalue weighted by Crippen LogP contribution is 2.29. The number of carbonyl (C=O) groups excluding carboxylic acids is 2. The maximum absolute atomic E-state index is 12.7. The molecule has 0 unspecified atom stereocenters. The van der Waals surface area contributed by atoms with E-state index >= 15 is 0 Å². The smallest absolute Gasteiger partial charge is 0.323 e. The third-order valence-corrected chi connectivity index (χ3v) is 8.28. The Balaban J connectivity index is 1.13. The SMILES string of the molecule is CCn1ccc2c(N3CCOCC3)nc(-c3ccc(NC(=O)Nc4ccc(C(=O)N5CCSCC5)cc4)cc3)nc21. The van der Waals surface area contributed by atoms with Crippen molar-refractivity contribution in [3.05, 3.63) is 66.4 Å². The quantitative estimate of drug-likeness (QED) is 0.343. The number of nitrogens with one attached hydrogen (secondary N) is 2. The van der Waals surface area contributed by atoms with E-state index in [0.29, 0.717) is 36.0 Å². The van der Waals surface area contributed by atoms with Crippen molar-refractivity contribution in [3.63, 3.8) is 0 Å². The topological polar surface area (TPSA) is 105 Å². The van der Waals surface area contributed by atoms with Gasteiger partial charge in [0.25, 0.3) is 5.91 Å². The molecule has 3 amide bonds. The summed E-state index contributed by atoms with van der Waals surface area (Å²) in [5.74, 6) is 3.53. The molecule has 4 aromatic rings. The summed E-state index contributed by atoms with van der Waals surface area (Å²) in [6.07, 6.45) is 2.05. The number of urea groups is 1. The second kappa shape index (κ2) is 12.2. The van der Waals surface area contributed by atoms with Crippen molar-refractivity contribution in [3.8, 4) is 11.4 Å². The minimum atomic E-state index is -0.363. The number of carbonyl (C=O) groups is 2. The highest BCUT2D eigenvalue weighted by Gasteiger charge is 2.20. The average molecular weight is 572 g/mol. The number of aryl methyl sites for hydroxylation is 1. The molecule has 2 saturated heterocycles. The van der Waals surface area contributed by atoms with E-state index in [-0.39, 0.29) is 11.9 Å². The lowest BCUT2D eigenvalue weighted by Crippen LogP contribution is -2.37. The second-order valence-corrected chi connectivity index (χ2v) is 11.2. The number of anilines is 3. The third kappa shape index (κ3) is 6.01. The van der Waals surface area contributed by atoms with Crippen LogP contribution in [0.4, 0.5) is 22.0 Å². The van der Waals surface area contributed by atoms with Crippen LogP contribution in [0.15, 0.2) is 60.8 Å². The number of benzene rings is 2. The number of amides is 3. The molecule has 2 aliphatic heterocycles. The van der Waals surface area contributed by atoms with E-state index in [1.807, 2.05) is 40.9 Å². The number of rotatable bonds is 6. The van der Waals surface area contributed by atoms with Gasteiger partial charge in [0.2, 0.25) is 0 Å². The van der Waals surface area contributed by atoms with Crippen LogP contribution in [-0.2, 0) is 11.3 Å². The van der Waals surface area contributed by atoms with Crippen molar-refractivity contribution in [1.82, 2.24) is 19.4 Å². The normalized spacial score (nSPS) is 15.6. The van der Waals surface area contributed by atoms with Gasteiger partial charge >= 0.3 is 6.03 Å². The molecule has 212 valence electrons. The molecule has 2 fully saturated rings. The second-order valence-electron chi connectivity index (χ2n) is 9.95. The fourth-order valence-electron chi connectivity index (χ4n) is 5.09. The minimum absolute atomic E-state index is 0.0319. The van der Waals surface area contributed by atoms with Gasteiger partial charge in [-0.25, -0.2) is 14.8 Å². The van der Waals surface area contributed by atoms with E-state index in [9.17, 15) is 9.59 Å². The molecule has 11 heteroatoms. The Morgan fingerprint density at radius 3 is 2.20 bits per heavy atom. The number of hydrogen-bond acceptors (Lipinski definition) is 7. The summed E-state index contributed by atoms with van der Waals surface area (Å²) >= 11 is 1.87. The lowest BCUT2D eigenvalue weighted by molar-refractivity contribution is 0.0772. The molecule has 0 atom stereocenters. The molecular weight excluding hydrogens is 538 g/mol. The van der Waals surface area contributed by atoms with Crippen LogP contribution in [0.3, 0.4) is 0 Å². The van der Waals surface area contributed by atoms with Crippen LogP contribution in [0, 0.1) is 0 Å². The molecule has 4 heterocycles.